The summed E-state index contributed by atoms with van der Waals surface area (Å²) in [5.74, 6) is 0.859. The molecule has 1 heterocycles. The minimum Gasteiger partial charge on any atom is -0.495 e. The van der Waals surface area contributed by atoms with E-state index in [0.29, 0.717) is 17.2 Å². The fourth-order valence-corrected chi connectivity index (χ4v) is 2.60. The van der Waals surface area contributed by atoms with Crippen molar-refractivity contribution in [3.63, 3.8) is 0 Å². The summed E-state index contributed by atoms with van der Waals surface area (Å²) in [6.07, 6.45) is 1.49. The van der Waals surface area contributed by atoms with Gasteiger partial charge in [0, 0.05) is 6.07 Å². The van der Waals surface area contributed by atoms with E-state index in [2.05, 4.69) is 41.6 Å². The second kappa shape index (κ2) is 8.08. The molecule has 0 spiro atoms. The third kappa shape index (κ3) is 4.64. The molecule has 3 aromatic rings. The lowest BCUT2D eigenvalue weighted by molar-refractivity contribution is -0.118. The van der Waals surface area contributed by atoms with Gasteiger partial charge >= 0.3 is 0 Å². The molecule has 0 aliphatic heterocycles. The molecule has 0 unspecified atom stereocenters. The summed E-state index contributed by atoms with van der Waals surface area (Å²) >= 11 is 0. The predicted octanol–water partition coefficient (Wildman–Crippen LogP) is 2.99. The first kappa shape index (κ1) is 19.3. The second-order valence-corrected chi connectivity index (χ2v) is 7.25. The van der Waals surface area contributed by atoms with E-state index in [1.165, 1.54) is 11.0 Å². The molecule has 8 heteroatoms. The molecule has 0 aliphatic rings. The smallest absolute Gasteiger partial charge is 0.262 e. The lowest BCUT2D eigenvalue weighted by Gasteiger charge is -2.21. The SMILES string of the molecule is COc1ccc(C(C)(C)C)cc1NC(=O)COc1cccc(-n2cnnn2)c1. The fourth-order valence-electron chi connectivity index (χ4n) is 2.60. The summed E-state index contributed by atoms with van der Waals surface area (Å²) < 4.78 is 12.5. The number of methoxy groups -OCH3 is 1. The van der Waals surface area contributed by atoms with Gasteiger partial charge in [0.2, 0.25) is 0 Å². The van der Waals surface area contributed by atoms with Gasteiger partial charge in [-0.15, -0.1) is 5.10 Å². The van der Waals surface area contributed by atoms with Crippen molar-refractivity contribution in [1.82, 2.24) is 20.2 Å². The summed E-state index contributed by atoms with van der Waals surface area (Å²) in [5, 5.41) is 13.9. The van der Waals surface area contributed by atoms with Crippen molar-refractivity contribution < 1.29 is 14.3 Å². The van der Waals surface area contributed by atoms with Gasteiger partial charge in [0.05, 0.1) is 18.5 Å². The van der Waals surface area contributed by atoms with E-state index in [0.717, 1.165) is 11.3 Å². The average molecular weight is 381 g/mol. The van der Waals surface area contributed by atoms with E-state index in [1.807, 2.05) is 24.3 Å². The van der Waals surface area contributed by atoms with Crippen LogP contribution in [0, 0.1) is 0 Å². The Morgan fingerprint density at radius 2 is 2.00 bits per heavy atom. The van der Waals surface area contributed by atoms with Gasteiger partial charge in [-0.2, -0.15) is 0 Å². The molecule has 146 valence electrons. The number of nitrogens with zero attached hydrogens (tertiary/aromatic N) is 4. The fraction of sp³-hybridized carbons (Fsp3) is 0.300. The number of ether oxygens (including phenoxy) is 2. The molecule has 0 saturated heterocycles. The number of carbonyl (C=O) groups is 1. The van der Waals surface area contributed by atoms with Crippen molar-refractivity contribution in [1.29, 1.82) is 0 Å². The number of amides is 1. The molecule has 0 saturated carbocycles. The van der Waals surface area contributed by atoms with Crippen LogP contribution in [-0.4, -0.2) is 39.8 Å². The Balaban J connectivity index is 1.67. The number of anilines is 1. The van der Waals surface area contributed by atoms with Crippen LogP contribution in [-0.2, 0) is 10.2 Å². The first-order valence-electron chi connectivity index (χ1n) is 8.81. The number of carbonyl (C=O) groups excluding carboxylic acids is 1. The second-order valence-electron chi connectivity index (χ2n) is 7.25. The van der Waals surface area contributed by atoms with Crippen LogP contribution in [0.1, 0.15) is 26.3 Å². The van der Waals surface area contributed by atoms with E-state index >= 15 is 0 Å². The van der Waals surface area contributed by atoms with E-state index in [4.69, 9.17) is 9.47 Å². The topological polar surface area (TPSA) is 91.2 Å². The maximum absolute atomic E-state index is 12.4. The maximum atomic E-state index is 12.4. The average Bonchev–Trinajstić information content (AvgIpc) is 3.21. The summed E-state index contributed by atoms with van der Waals surface area (Å²) in [5.41, 5.74) is 2.41. The van der Waals surface area contributed by atoms with Gasteiger partial charge in [0.1, 0.15) is 17.8 Å². The van der Waals surface area contributed by atoms with E-state index in [9.17, 15) is 4.79 Å². The van der Waals surface area contributed by atoms with Gasteiger partial charge in [-0.1, -0.05) is 32.9 Å². The highest BCUT2D eigenvalue weighted by Gasteiger charge is 2.17. The van der Waals surface area contributed by atoms with Crippen molar-refractivity contribution >= 4 is 11.6 Å². The summed E-state index contributed by atoms with van der Waals surface area (Å²) in [6, 6.07) is 12.9. The number of rotatable bonds is 6. The molecule has 1 N–H and O–H groups in total. The first-order chi connectivity index (χ1) is 13.4. The molecule has 0 atom stereocenters. The standard InChI is InChI=1S/C20H23N5O3/c1-20(2,3)14-8-9-18(27-4)17(10-14)22-19(26)12-28-16-7-5-6-15(11-16)25-13-21-23-24-25/h5-11,13H,12H2,1-4H3,(H,22,26). The largest absolute Gasteiger partial charge is 0.495 e. The Morgan fingerprint density at radius 1 is 1.18 bits per heavy atom. The molecule has 0 radical (unpaired) electrons. The molecular weight excluding hydrogens is 358 g/mol. The van der Waals surface area contributed by atoms with Gasteiger partial charge in [-0.3, -0.25) is 4.79 Å². The molecule has 0 aliphatic carbocycles. The van der Waals surface area contributed by atoms with Crippen LogP contribution in [0.5, 0.6) is 11.5 Å². The summed E-state index contributed by atoms with van der Waals surface area (Å²) in [6.45, 7) is 6.20. The zero-order chi connectivity index (χ0) is 20.1. The van der Waals surface area contributed by atoms with Crippen LogP contribution in [0.3, 0.4) is 0 Å². The third-order valence-corrected chi connectivity index (χ3v) is 4.14. The third-order valence-electron chi connectivity index (χ3n) is 4.14. The van der Waals surface area contributed by atoms with Crippen molar-refractivity contribution in [2.45, 2.75) is 26.2 Å². The van der Waals surface area contributed by atoms with Gasteiger partial charge in [-0.05, 0) is 45.7 Å². The summed E-state index contributed by atoms with van der Waals surface area (Å²) in [7, 11) is 1.57. The van der Waals surface area contributed by atoms with Gasteiger partial charge < -0.3 is 14.8 Å². The van der Waals surface area contributed by atoms with Crippen LogP contribution in [0.15, 0.2) is 48.8 Å². The lowest BCUT2D eigenvalue weighted by Crippen LogP contribution is -2.21. The molecule has 8 nitrogen and oxygen atoms in total. The highest BCUT2D eigenvalue weighted by molar-refractivity contribution is 5.93. The Kier molecular flexibility index (Phi) is 5.58. The Morgan fingerprint density at radius 3 is 2.68 bits per heavy atom. The van der Waals surface area contributed by atoms with Crippen molar-refractivity contribution in [3.05, 3.63) is 54.4 Å². The van der Waals surface area contributed by atoms with E-state index < -0.39 is 0 Å². The zero-order valence-electron chi connectivity index (χ0n) is 16.3. The van der Waals surface area contributed by atoms with Crippen molar-refractivity contribution in [3.8, 4) is 17.2 Å². The molecule has 28 heavy (non-hydrogen) atoms. The van der Waals surface area contributed by atoms with Crippen molar-refractivity contribution in [2.24, 2.45) is 0 Å². The number of hydrogen-bond acceptors (Lipinski definition) is 6. The van der Waals surface area contributed by atoms with Gasteiger partial charge in [0.15, 0.2) is 6.61 Å². The first-order valence-corrected chi connectivity index (χ1v) is 8.81. The summed E-state index contributed by atoms with van der Waals surface area (Å²) in [4.78, 5) is 12.4. The Hall–Kier alpha value is -3.42. The van der Waals surface area contributed by atoms with Gasteiger partial charge in [-0.25, -0.2) is 4.68 Å². The number of nitrogens with one attached hydrogen (secondary N) is 1. The normalized spacial score (nSPS) is 11.1. The molecule has 3 rings (SSSR count). The predicted molar refractivity (Wildman–Crippen MR) is 105 cm³/mol. The minimum atomic E-state index is -0.280. The molecule has 1 amide bonds. The van der Waals surface area contributed by atoms with Crippen LogP contribution >= 0.6 is 0 Å². The van der Waals surface area contributed by atoms with Crippen LogP contribution < -0.4 is 14.8 Å². The minimum absolute atomic E-state index is 0.0428. The van der Waals surface area contributed by atoms with Crippen LogP contribution in [0.2, 0.25) is 0 Å². The number of aromatic nitrogens is 4. The highest BCUT2D eigenvalue weighted by atomic mass is 16.5. The van der Waals surface area contributed by atoms with Crippen LogP contribution in [0.25, 0.3) is 5.69 Å². The Bertz CT molecular complexity index is 949. The zero-order valence-corrected chi connectivity index (χ0v) is 16.3. The number of hydrogen-bond donors (Lipinski definition) is 1. The van der Waals surface area contributed by atoms with E-state index in [1.54, 1.807) is 25.3 Å². The van der Waals surface area contributed by atoms with Gasteiger partial charge in [0.25, 0.3) is 5.91 Å². The number of tetrazole rings is 1. The number of benzene rings is 2. The molecular formula is C20H23N5O3. The monoisotopic (exact) mass is 381 g/mol. The molecule has 1 aromatic heterocycles. The lowest BCUT2D eigenvalue weighted by atomic mass is 9.87. The molecule has 0 fully saturated rings. The molecule has 2 aromatic carbocycles. The van der Waals surface area contributed by atoms with Crippen LogP contribution in [0.4, 0.5) is 5.69 Å². The Labute approximate surface area is 163 Å². The maximum Gasteiger partial charge on any atom is 0.262 e. The highest BCUT2D eigenvalue weighted by Crippen LogP contribution is 2.31. The quantitative estimate of drug-likeness (QED) is 0.706. The van der Waals surface area contributed by atoms with Crippen molar-refractivity contribution in [2.75, 3.05) is 19.0 Å². The van der Waals surface area contributed by atoms with E-state index in [-0.39, 0.29) is 17.9 Å². The molecule has 0 bridgehead atoms.